The zero-order valence-corrected chi connectivity index (χ0v) is 12.1. The topological polar surface area (TPSA) is 101 Å². The molecule has 0 spiro atoms. The first-order chi connectivity index (χ1) is 10.2. The molecule has 21 heavy (non-hydrogen) atoms. The van der Waals surface area contributed by atoms with E-state index >= 15 is 0 Å². The number of carbonyl (C=O) groups is 1. The van der Waals surface area contributed by atoms with Gasteiger partial charge in [0, 0.05) is 16.7 Å². The highest BCUT2D eigenvalue weighted by atomic mass is 32.2. The van der Waals surface area contributed by atoms with Crippen molar-refractivity contribution >= 4 is 29.2 Å². The second kappa shape index (κ2) is 6.76. The van der Waals surface area contributed by atoms with Crippen molar-refractivity contribution < 1.29 is 10.0 Å². The molecule has 1 amide bonds. The average molecular weight is 302 g/mol. The van der Waals surface area contributed by atoms with E-state index in [9.17, 15) is 4.79 Å². The SMILES string of the molecule is CSc1ccccc1NC(=O)c1ccc(/C(N)=N/O)cn1. The number of anilines is 1. The summed E-state index contributed by atoms with van der Waals surface area (Å²) >= 11 is 1.55. The number of amidine groups is 1. The zero-order chi connectivity index (χ0) is 15.2. The average Bonchev–Trinajstić information content (AvgIpc) is 2.54. The Labute approximate surface area is 126 Å². The number of pyridine rings is 1. The third-order valence-electron chi connectivity index (χ3n) is 2.75. The number of carbonyl (C=O) groups excluding carboxylic acids is 1. The number of hydrogen-bond donors (Lipinski definition) is 3. The van der Waals surface area contributed by atoms with Gasteiger partial charge in [-0.05, 0) is 30.5 Å². The molecule has 0 atom stereocenters. The molecule has 0 fully saturated rings. The molecule has 0 unspecified atom stereocenters. The highest BCUT2D eigenvalue weighted by molar-refractivity contribution is 7.98. The minimum absolute atomic E-state index is 0.0535. The largest absolute Gasteiger partial charge is 0.409 e. The molecule has 7 heteroatoms. The first-order valence-electron chi connectivity index (χ1n) is 6.04. The highest BCUT2D eigenvalue weighted by Gasteiger charge is 2.10. The summed E-state index contributed by atoms with van der Waals surface area (Å²) in [5.74, 6) is -0.371. The van der Waals surface area contributed by atoms with Gasteiger partial charge in [-0.2, -0.15) is 0 Å². The smallest absolute Gasteiger partial charge is 0.274 e. The third kappa shape index (κ3) is 3.51. The number of nitrogens with one attached hydrogen (secondary N) is 1. The van der Waals surface area contributed by atoms with E-state index < -0.39 is 0 Å². The Hall–Kier alpha value is -2.54. The predicted molar refractivity (Wildman–Crippen MR) is 82.9 cm³/mol. The number of thioether (sulfide) groups is 1. The summed E-state index contributed by atoms with van der Waals surface area (Å²) < 4.78 is 0. The van der Waals surface area contributed by atoms with Gasteiger partial charge in [-0.1, -0.05) is 17.3 Å². The van der Waals surface area contributed by atoms with Crippen molar-refractivity contribution in [1.82, 2.24) is 4.98 Å². The van der Waals surface area contributed by atoms with E-state index in [-0.39, 0.29) is 17.4 Å². The third-order valence-corrected chi connectivity index (χ3v) is 3.55. The maximum atomic E-state index is 12.1. The number of para-hydroxylation sites is 1. The highest BCUT2D eigenvalue weighted by Crippen LogP contribution is 2.24. The Morgan fingerprint density at radius 2 is 2.10 bits per heavy atom. The van der Waals surface area contributed by atoms with Crippen LogP contribution in [0.15, 0.2) is 52.6 Å². The van der Waals surface area contributed by atoms with E-state index in [1.807, 2.05) is 30.5 Å². The van der Waals surface area contributed by atoms with Crippen molar-refractivity contribution in [3.63, 3.8) is 0 Å². The summed E-state index contributed by atoms with van der Waals surface area (Å²) in [6, 6.07) is 10.6. The maximum absolute atomic E-state index is 12.1. The quantitative estimate of drug-likeness (QED) is 0.264. The van der Waals surface area contributed by atoms with Crippen LogP contribution in [0.4, 0.5) is 5.69 Å². The van der Waals surface area contributed by atoms with Gasteiger partial charge in [0.25, 0.3) is 5.91 Å². The molecule has 2 aromatic rings. The Morgan fingerprint density at radius 3 is 2.71 bits per heavy atom. The van der Waals surface area contributed by atoms with Gasteiger partial charge in [0.1, 0.15) is 5.69 Å². The van der Waals surface area contributed by atoms with Crippen LogP contribution in [0.5, 0.6) is 0 Å². The van der Waals surface area contributed by atoms with Crippen LogP contribution in [0, 0.1) is 0 Å². The molecule has 1 heterocycles. The molecule has 2 rings (SSSR count). The van der Waals surface area contributed by atoms with E-state index in [1.54, 1.807) is 17.8 Å². The minimum Gasteiger partial charge on any atom is -0.409 e. The fraction of sp³-hybridized carbons (Fsp3) is 0.0714. The minimum atomic E-state index is -0.317. The van der Waals surface area contributed by atoms with E-state index in [1.165, 1.54) is 12.3 Å². The number of amides is 1. The molecule has 1 aromatic carbocycles. The summed E-state index contributed by atoms with van der Waals surface area (Å²) in [5, 5.41) is 14.3. The molecule has 0 radical (unpaired) electrons. The second-order valence-corrected chi connectivity index (χ2v) is 4.92. The van der Waals surface area contributed by atoms with Gasteiger partial charge in [-0.25, -0.2) is 0 Å². The Morgan fingerprint density at radius 1 is 1.33 bits per heavy atom. The van der Waals surface area contributed by atoms with Crippen molar-refractivity contribution in [3.8, 4) is 0 Å². The van der Waals surface area contributed by atoms with Gasteiger partial charge >= 0.3 is 0 Å². The van der Waals surface area contributed by atoms with Gasteiger partial charge in [-0.15, -0.1) is 11.8 Å². The summed E-state index contributed by atoms with van der Waals surface area (Å²) in [6.07, 6.45) is 3.32. The lowest BCUT2D eigenvalue weighted by Crippen LogP contribution is -2.17. The van der Waals surface area contributed by atoms with Gasteiger partial charge in [0.05, 0.1) is 5.69 Å². The van der Waals surface area contributed by atoms with Crippen LogP contribution in [0.2, 0.25) is 0 Å². The molecule has 108 valence electrons. The molecule has 0 aliphatic carbocycles. The van der Waals surface area contributed by atoms with Crippen LogP contribution >= 0.6 is 11.8 Å². The lowest BCUT2D eigenvalue weighted by Gasteiger charge is -2.09. The number of oxime groups is 1. The first kappa shape index (κ1) is 14.9. The molecule has 0 aliphatic rings. The van der Waals surface area contributed by atoms with Gasteiger partial charge in [0.15, 0.2) is 5.84 Å². The van der Waals surface area contributed by atoms with Crippen LogP contribution in [0.1, 0.15) is 16.1 Å². The normalized spacial score (nSPS) is 11.2. The number of nitrogens with two attached hydrogens (primary N) is 1. The van der Waals surface area contributed by atoms with Crippen molar-refractivity contribution in [3.05, 3.63) is 53.9 Å². The summed E-state index contributed by atoms with van der Waals surface area (Å²) in [6.45, 7) is 0. The summed E-state index contributed by atoms with van der Waals surface area (Å²) in [5.41, 5.74) is 6.87. The van der Waals surface area contributed by atoms with Crippen LogP contribution in [-0.2, 0) is 0 Å². The van der Waals surface area contributed by atoms with E-state index in [0.717, 1.165) is 10.6 Å². The second-order valence-electron chi connectivity index (χ2n) is 4.07. The molecule has 4 N–H and O–H groups in total. The van der Waals surface area contributed by atoms with E-state index in [2.05, 4.69) is 15.5 Å². The van der Waals surface area contributed by atoms with Gasteiger partial charge in [0.2, 0.25) is 0 Å². The molecule has 1 aromatic heterocycles. The lowest BCUT2D eigenvalue weighted by molar-refractivity contribution is 0.102. The number of hydrogen-bond acceptors (Lipinski definition) is 5. The van der Waals surface area contributed by atoms with Crippen LogP contribution < -0.4 is 11.1 Å². The molecule has 0 aliphatic heterocycles. The Balaban J connectivity index is 2.17. The molecule has 0 saturated carbocycles. The van der Waals surface area contributed by atoms with Crippen molar-refractivity contribution in [1.29, 1.82) is 0 Å². The number of rotatable bonds is 4. The molecule has 6 nitrogen and oxygen atoms in total. The monoisotopic (exact) mass is 302 g/mol. The Kier molecular flexibility index (Phi) is 4.78. The predicted octanol–water partition coefficient (Wildman–Crippen LogP) is 2.15. The van der Waals surface area contributed by atoms with Gasteiger partial charge in [-0.3, -0.25) is 9.78 Å². The number of aromatic nitrogens is 1. The first-order valence-corrected chi connectivity index (χ1v) is 7.26. The molecule has 0 saturated heterocycles. The lowest BCUT2D eigenvalue weighted by atomic mass is 10.2. The van der Waals surface area contributed by atoms with Crippen molar-refractivity contribution in [2.75, 3.05) is 11.6 Å². The number of benzene rings is 1. The van der Waals surface area contributed by atoms with E-state index in [0.29, 0.717) is 5.56 Å². The standard InChI is InChI=1S/C14H14N4O2S/c1-21-12-5-3-2-4-10(12)17-14(19)11-7-6-9(8-16-11)13(15)18-20/h2-8,20H,1H3,(H2,15,18)(H,17,19). The fourth-order valence-electron chi connectivity index (χ4n) is 1.67. The molecular formula is C14H14N4O2S. The number of nitrogens with zero attached hydrogens (tertiary/aromatic N) is 2. The molecule has 0 bridgehead atoms. The Bertz CT molecular complexity index is 671. The summed E-state index contributed by atoms with van der Waals surface area (Å²) in [7, 11) is 0. The summed E-state index contributed by atoms with van der Waals surface area (Å²) in [4.78, 5) is 17.1. The van der Waals surface area contributed by atoms with Crippen LogP contribution in [-0.4, -0.2) is 28.2 Å². The zero-order valence-electron chi connectivity index (χ0n) is 11.3. The van der Waals surface area contributed by atoms with E-state index in [4.69, 9.17) is 10.9 Å². The van der Waals surface area contributed by atoms with Crippen LogP contribution in [0.3, 0.4) is 0 Å². The molecular weight excluding hydrogens is 288 g/mol. The van der Waals surface area contributed by atoms with Crippen molar-refractivity contribution in [2.24, 2.45) is 10.9 Å². The fourth-order valence-corrected chi connectivity index (χ4v) is 2.23. The van der Waals surface area contributed by atoms with Gasteiger partial charge < -0.3 is 16.3 Å². The van der Waals surface area contributed by atoms with Crippen LogP contribution in [0.25, 0.3) is 0 Å². The van der Waals surface area contributed by atoms with Crippen molar-refractivity contribution in [2.45, 2.75) is 4.90 Å². The maximum Gasteiger partial charge on any atom is 0.274 e.